The predicted octanol–water partition coefficient (Wildman–Crippen LogP) is 3.38. The van der Waals surface area contributed by atoms with Crippen molar-refractivity contribution in [1.29, 1.82) is 0 Å². The molecule has 3 N–H and O–H groups in total. The van der Waals surface area contributed by atoms with E-state index in [-0.39, 0.29) is 35.3 Å². The van der Waals surface area contributed by atoms with Gasteiger partial charge in [0.2, 0.25) is 17.6 Å². The van der Waals surface area contributed by atoms with Gasteiger partial charge in [0.15, 0.2) is 11.5 Å². The van der Waals surface area contributed by atoms with Crippen LogP contribution in [0, 0.1) is 11.8 Å². The summed E-state index contributed by atoms with van der Waals surface area (Å²) in [5.74, 6) is -4.76. The van der Waals surface area contributed by atoms with Crippen LogP contribution < -0.4 is 10.6 Å². The van der Waals surface area contributed by atoms with Gasteiger partial charge in [0, 0.05) is 31.1 Å². The third kappa shape index (κ3) is 5.66. The van der Waals surface area contributed by atoms with Crippen LogP contribution in [0.1, 0.15) is 47.4 Å². The molecule has 3 aromatic rings. The zero-order valence-corrected chi connectivity index (χ0v) is 21.0. The highest BCUT2D eigenvalue weighted by atomic mass is 19.4. The molecule has 14 heteroatoms. The Morgan fingerprint density at radius 1 is 1.07 bits per heavy atom. The summed E-state index contributed by atoms with van der Waals surface area (Å²) in [4.78, 5) is 51.3. The van der Waals surface area contributed by atoms with Crippen molar-refractivity contribution in [2.75, 3.05) is 25.0 Å². The minimum Gasteiger partial charge on any atom is -0.481 e. The zero-order chi connectivity index (χ0) is 28.4. The molecule has 1 aliphatic heterocycles. The normalized spacial score (nSPS) is 21.3. The Labute approximate surface area is 225 Å². The van der Waals surface area contributed by atoms with E-state index in [1.807, 2.05) is 0 Å². The second-order valence-corrected chi connectivity index (χ2v) is 9.64. The molecule has 0 bridgehead atoms. The second-order valence-electron chi connectivity index (χ2n) is 9.64. The highest BCUT2D eigenvalue weighted by molar-refractivity contribution is 6.03. The van der Waals surface area contributed by atoms with Crippen molar-refractivity contribution >= 4 is 23.5 Å². The summed E-state index contributed by atoms with van der Waals surface area (Å²) in [7, 11) is 0. The Hall–Kier alpha value is -4.33. The Balaban J connectivity index is 1.31. The number of amides is 2. The fraction of sp³-hybridized carbons (Fsp3) is 0.385. The number of halogens is 3. The van der Waals surface area contributed by atoms with E-state index in [1.165, 1.54) is 24.5 Å². The predicted molar refractivity (Wildman–Crippen MR) is 133 cm³/mol. The van der Waals surface area contributed by atoms with Crippen LogP contribution in [0.15, 0.2) is 47.1 Å². The summed E-state index contributed by atoms with van der Waals surface area (Å²) in [6.07, 6.45) is -1.27. The van der Waals surface area contributed by atoms with Crippen LogP contribution in [0.3, 0.4) is 0 Å². The van der Waals surface area contributed by atoms with Gasteiger partial charge in [-0.15, -0.1) is 0 Å². The molecule has 0 radical (unpaired) electrons. The van der Waals surface area contributed by atoms with Crippen LogP contribution >= 0.6 is 0 Å². The van der Waals surface area contributed by atoms with Crippen molar-refractivity contribution in [2.45, 2.75) is 31.5 Å². The quantitative estimate of drug-likeness (QED) is 0.414. The minimum atomic E-state index is -4.96. The second kappa shape index (κ2) is 11.0. The number of carboxylic acid groups (broad SMARTS) is 1. The van der Waals surface area contributed by atoms with Crippen LogP contribution in [0.5, 0.6) is 0 Å². The first-order valence-electron chi connectivity index (χ1n) is 12.6. The van der Waals surface area contributed by atoms with Crippen LogP contribution in [0.4, 0.5) is 18.9 Å². The molecular formula is C26H25F3N6O5. The number of hydrogen-bond donors (Lipinski definition) is 3. The maximum Gasteiger partial charge on any atom is 0.452 e. The minimum absolute atomic E-state index is 0.0212. The number of piperazine rings is 1. The Bertz CT molecular complexity index is 1400. The number of nitrogens with zero attached hydrogens (tertiary/aromatic N) is 4. The van der Waals surface area contributed by atoms with E-state index in [2.05, 4.69) is 25.6 Å². The van der Waals surface area contributed by atoms with Gasteiger partial charge >= 0.3 is 12.1 Å². The number of oxazole rings is 1. The maximum absolute atomic E-state index is 13.6. The molecular weight excluding hydrogens is 533 g/mol. The third-order valence-electron chi connectivity index (χ3n) is 7.01. The number of aliphatic carboxylic acids is 1. The van der Waals surface area contributed by atoms with Crippen molar-refractivity contribution in [2.24, 2.45) is 11.8 Å². The van der Waals surface area contributed by atoms with Gasteiger partial charge in [-0.25, -0.2) is 15.0 Å². The van der Waals surface area contributed by atoms with Gasteiger partial charge in [-0.3, -0.25) is 14.4 Å². The Morgan fingerprint density at radius 2 is 1.77 bits per heavy atom. The first kappa shape index (κ1) is 27.2. The van der Waals surface area contributed by atoms with Gasteiger partial charge in [0.05, 0.1) is 24.0 Å². The van der Waals surface area contributed by atoms with E-state index in [0.29, 0.717) is 32.5 Å². The first-order chi connectivity index (χ1) is 19.1. The van der Waals surface area contributed by atoms with E-state index in [0.717, 1.165) is 0 Å². The number of nitrogens with one attached hydrogen (secondary N) is 2. The molecule has 1 saturated heterocycles. The number of benzene rings is 1. The first-order valence-corrected chi connectivity index (χ1v) is 12.6. The van der Waals surface area contributed by atoms with Gasteiger partial charge < -0.3 is 25.1 Å². The number of carbonyl (C=O) groups is 3. The lowest BCUT2D eigenvalue weighted by molar-refractivity contribution is -0.153. The third-order valence-corrected chi connectivity index (χ3v) is 7.01. The van der Waals surface area contributed by atoms with Crippen LogP contribution in [-0.4, -0.2) is 62.4 Å². The number of aromatic nitrogens is 3. The summed E-state index contributed by atoms with van der Waals surface area (Å²) in [6.45, 7) is 1.30. The van der Waals surface area contributed by atoms with E-state index < -0.39 is 47.4 Å². The number of anilines is 1. The summed E-state index contributed by atoms with van der Waals surface area (Å²) in [5.41, 5.74) is -0.635. The molecule has 40 heavy (non-hydrogen) atoms. The molecule has 1 aliphatic carbocycles. The molecule has 11 nitrogen and oxygen atoms in total. The fourth-order valence-electron chi connectivity index (χ4n) is 5.00. The molecule has 1 aromatic carbocycles. The Kier molecular flexibility index (Phi) is 7.52. The highest BCUT2D eigenvalue weighted by Crippen LogP contribution is 2.36. The molecule has 2 aliphatic rings. The summed E-state index contributed by atoms with van der Waals surface area (Å²) < 4.78 is 45.7. The van der Waals surface area contributed by atoms with Gasteiger partial charge in [-0.1, -0.05) is 18.2 Å². The summed E-state index contributed by atoms with van der Waals surface area (Å²) >= 11 is 0. The molecule has 5 rings (SSSR count). The van der Waals surface area contributed by atoms with Crippen molar-refractivity contribution in [3.05, 3.63) is 60.0 Å². The fourth-order valence-corrected chi connectivity index (χ4v) is 5.00. The van der Waals surface area contributed by atoms with Crippen LogP contribution in [0.2, 0.25) is 0 Å². The molecule has 3 heterocycles. The average Bonchev–Trinajstić information content (AvgIpc) is 3.62. The van der Waals surface area contributed by atoms with Crippen LogP contribution in [0.25, 0.3) is 11.5 Å². The Morgan fingerprint density at radius 3 is 2.42 bits per heavy atom. The number of rotatable bonds is 6. The number of hydrogen-bond acceptors (Lipinski definition) is 8. The monoisotopic (exact) mass is 558 g/mol. The average molecular weight is 559 g/mol. The molecule has 3 atom stereocenters. The lowest BCUT2D eigenvalue weighted by Gasteiger charge is -2.36. The van der Waals surface area contributed by atoms with Gasteiger partial charge in [-0.2, -0.15) is 13.2 Å². The number of carboxylic acids is 1. The zero-order valence-electron chi connectivity index (χ0n) is 21.0. The van der Waals surface area contributed by atoms with E-state index >= 15 is 0 Å². The largest absolute Gasteiger partial charge is 0.481 e. The molecule has 2 amide bonds. The summed E-state index contributed by atoms with van der Waals surface area (Å²) in [6, 6.07) is 7.36. The van der Waals surface area contributed by atoms with E-state index in [4.69, 9.17) is 4.42 Å². The van der Waals surface area contributed by atoms with Crippen molar-refractivity contribution in [1.82, 2.24) is 25.2 Å². The van der Waals surface area contributed by atoms with Crippen LogP contribution in [-0.2, 0) is 15.8 Å². The topological polar surface area (TPSA) is 151 Å². The SMILES string of the molecule is O=C(Nc1cnc(C2CNCCN2C(=O)C2CCC(C(=O)O)C2)nc1)c1nc(-c2ccccc2)oc1C(F)(F)F. The molecule has 0 spiro atoms. The van der Waals surface area contributed by atoms with E-state index in [1.54, 1.807) is 23.1 Å². The number of carbonyl (C=O) groups excluding carboxylic acids is 2. The highest BCUT2D eigenvalue weighted by Gasteiger charge is 2.42. The molecule has 2 fully saturated rings. The van der Waals surface area contributed by atoms with Crippen molar-refractivity contribution in [3.63, 3.8) is 0 Å². The standard InChI is InChI=1S/C26H25F3N6O5/c27-26(28,29)20-19(34-23(40-20)14-4-2-1-3-5-14)22(36)33-17-11-31-21(32-12-17)18-13-30-8-9-35(18)24(37)15-6-7-16(10-15)25(38)39/h1-5,11-12,15-16,18,30H,6-10,13H2,(H,33,36)(H,38,39). The van der Waals surface area contributed by atoms with Crippen molar-refractivity contribution < 1.29 is 37.1 Å². The lowest BCUT2D eigenvalue weighted by atomic mass is 10.0. The molecule has 2 aromatic heterocycles. The van der Waals surface area contributed by atoms with Gasteiger partial charge in [-0.05, 0) is 31.4 Å². The molecule has 1 saturated carbocycles. The number of alkyl halides is 3. The van der Waals surface area contributed by atoms with Gasteiger partial charge in [0.1, 0.15) is 6.04 Å². The smallest absolute Gasteiger partial charge is 0.452 e. The lowest BCUT2D eigenvalue weighted by Crippen LogP contribution is -2.50. The molecule has 3 unspecified atom stereocenters. The maximum atomic E-state index is 13.6. The van der Waals surface area contributed by atoms with Crippen molar-refractivity contribution in [3.8, 4) is 11.5 Å². The van der Waals surface area contributed by atoms with E-state index in [9.17, 15) is 32.7 Å². The summed E-state index contributed by atoms with van der Waals surface area (Å²) in [5, 5.41) is 14.8. The van der Waals surface area contributed by atoms with Gasteiger partial charge in [0.25, 0.3) is 5.91 Å². The molecule has 210 valence electrons.